The van der Waals surface area contributed by atoms with Gasteiger partial charge in [0.05, 0.1) is 11.9 Å². The van der Waals surface area contributed by atoms with E-state index in [4.69, 9.17) is 5.73 Å². The topological polar surface area (TPSA) is 42.2 Å². The Kier molecular flexibility index (Phi) is 3.70. The van der Waals surface area contributed by atoms with Crippen molar-refractivity contribution in [2.45, 2.75) is 25.3 Å². The van der Waals surface area contributed by atoms with Crippen LogP contribution >= 0.6 is 0 Å². The van der Waals surface area contributed by atoms with Crippen molar-refractivity contribution >= 4 is 5.69 Å². The number of nitrogen functional groups attached to an aromatic ring is 1. The molecule has 1 fully saturated rings. The first kappa shape index (κ1) is 13.1. The molecule has 2 heterocycles. The highest BCUT2D eigenvalue weighted by Gasteiger charge is 2.20. The lowest BCUT2D eigenvalue weighted by atomic mass is 9.94. The minimum atomic E-state index is 0.563. The first-order valence-corrected chi connectivity index (χ1v) is 7.26. The predicted molar refractivity (Wildman–Crippen MR) is 83.3 cm³/mol. The van der Waals surface area contributed by atoms with Crippen LogP contribution in [-0.2, 0) is 0 Å². The Morgan fingerprint density at radius 3 is 2.65 bits per heavy atom. The molecule has 0 radical (unpaired) electrons. The molecule has 1 aliphatic rings. The minimum Gasteiger partial charge on any atom is -0.397 e. The highest BCUT2D eigenvalue weighted by atomic mass is 15.1. The predicted octanol–water partition coefficient (Wildman–Crippen LogP) is 3.49. The van der Waals surface area contributed by atoms with Gasteiger partial charge in [0.25, 0.3) is 0 Å². The van der Waals surface area contributed by atoms with Crippen LogP contribution in [0.2, 0.25) is 0 Å². The molecule has 0 unspecified atom stereocenters. The van der Waals surface area contributed by atoms with Crippen LogP contribution in [0.15, 0.2) is 42.7 Å². The maximum absolute atomic E-state index is 5.98. The number of hydrogen-bond acceptors (Lipinski definition) is 3. The van der Waals surface area contributed by atoms with Crippen LogP contribution in [0.5, 0.6) is 0 Å². The standard InChI is InChI=1S/C17H21N3/c1-20-11-3-2-4-17(20)14-7-5-13(6-8-14)15-9-10-19-12-16(15)18/h5-10,12,17H,2-4,11,18H2,1H3/t17-/m1/s1. The Labute approximate surface area is 120 Å². The monoisotopic (exact) mass is 267 g/mol. The van der Waals surface area contributed by atoms with E-state index in [0.29, 0.717) is 6.04 Å². The van der Waals surface area contributed by atoms with E-state index in [2.05, 4.69) is 41.2 Å². The van der Waals surface area contributed by atoms with Crippen LogP contribution in [-0.4, -0.2) is 23.5 Å². The molecule has 0 saturated carbocycles. The number of pyridine rings is 1. The van der Waals surface area contributed by atoms with E-state index in [1.54, 1.807) is 12.4 Å². The van der Waals surface area contributed by atoms with Crippen molar-refractivity contribution < 1.29 is 0 Å². The number of piperidine rings is 1. The van der Waals surface area contributed by atoms with Crippen LogP contribution in [0.3, 0.4) is 0 Å². The average molecular weight is 267 g/mol. The van der Waals surface area contributed by atoms with Crippen molar-refractivity contribution in [3.63, 3.8) is 0 Å². The van der Waals surface area contributed by atoms with Crippen molar-refractivity contribution in [1.82, 2.24) is 9.88 Å². The second kappa shape index (κ2) is 5.63. The van der Waals surface area contributed by atoms with Gasteiger partial charge >= 0.3 is 0 Å². The zero-order valence-electron chi connectivity index (χ0n) is 11.9. The number of nitrogens with zero attached hydrogens (tertiary/aromatic N) is 2. The zero-order chi connectivity index (χ0) is 13.9. The van der Waals surface area contributed by atoms with Crippen LogP contribution in [0, 0.1) is 0 Å². The van der Waals surface area contributed by atoms with Gasteiger partial charge in [-0.25, -0.2) is 0 Å². The Bertz CT molecular complexity index is 577. The molecular formula is C17H21N3. The van der Waals surface area contributed by atoms with Crippen LogP contribution in [0.4, 0.5) is 5.69 Å². The largest absolute Gasteiger partial charge is 0.397 e. The number of benzene rings is 1. The van der Waals surface area contributed by atoms with Crippen molar-refractivity contribution in [2.24, 2.45) is 0 Å². The number of hydrogen-bond donors (Lipinski definition) is 1. The molecule has 1 aliphatic heterocycles. The van der Waals surface area contributed by atoms with E-state index >= 15 is 0 Å². The van der Waals surface area contributed by atoms with Gasteiger partial charge in [-0.2, -0.15) is 0 Å². The molecule has 1 saturated heterocycles. The summed E-state index contributed by atoms with van der Waals surface area (Å²) in [7, 11) is 2.22. The van der Waals surface area contributed by atoms with Gasteiger partial charge in [0, 0.05) is 17.8 Å². The molecule has 0 spiro atoms. The number of aromatic nitrogens is 1. The number of anilines is 1. The average Bonchev–Trinajstić information content (AvgIpc) is 2.49. The molecule has 0 bridgehead atoms. The molecule has 0 aliphatic carbocycles. The molecule has 20 heavy (non-hydrogen) atoms. The summed E-state index contributed by atoms with van der Waals surface area (Å²) in [5.74, 6) is 0. The maximum Gasteiger partial charge on any atom is 0.0580 e. The molecule has 2 N–H and O–H groups in total. The number of nitrogens with two attached hydrogens (primary N) is 1. The molecule has 3 nitrogen and oxygen atoms in total. The molecule has 0 amide bonds. The van der Waals surface area contributed by atoms with Crippen molar-refractivity contribution in [1.29, 1.82) is 0 Å². The lowest BCUT2D eigenvalue weighted by molar-refractivity contribution is 0.187. The first-order chi connectivity index (χ1) is 9.75. The smallest absolute Gasteiger partial charge is 0.0580 e. The quantitative estimate of drug-likeness (QED) is 0.905. The van der Waals surface area contributed by atoms with E-state index in [1.807, 2.05) is 6.07 Å². The normalized spacial score (nSPS) is 19.9. The third kappa shape index (κ3) is 2.54. The third-order valence-electron chi connectivity index (χ3n) is 4.23. The van der Waals surface area contributed by atoms with Gasteiger partial charge in [0.2, 0.25) is 0 Å². The first-order valence-electron chi connectivity index (χ1n) is 7.26. The van der Waals surface area contributed by atoms with Crippen molar-refractivity contribution in [3.05, 3.63) is 48.3 Å². The molecule has 1 atom stereocenters. The van der Waals surface area contributed by atoms with E-state index in [1.165, 1.54) is 31.4 Å². The summed E-state index contributed by atoms with van der Waals surface area (Å²) in [6, 6.07) is 11.3. The van der Waals surface area contributed by atoms with Crippen LogP contribution in [0.25, 0.3) is 11.1 Å². The molecule has 2 aromatic rings. The third-order valence-corrected chi connectivity index (χ3v) is 4.23. The van der Waals surface area contributed by atoms with E-state index in [0.717, 1.165) is 16.8 Å². The second-order valence-corrected chi connectivity index (χ2v) is 5.58. The van der Waals surface area contributed by atoms with E-state index < -0.39 is 0 Å². The fraction of sp³-hybridized carbons (Fsp3) is 0.353. The Hall–Kier alpha value is -1.87. The highest BCUT2D eigenvalue weighted by molar-refractivity contribution is 5.75. The minimum absolute atomic E-state index is 0.563. The molecule has 1 aromatic carbocycles. The fourth-order valence-electron chi connectivity index (χ4n) is 3.05. The van der Waals surface area contributed by atoms with Gasteiger partial charge in [0.1, 0.15) is 0 Å². The summed E-state index contributed by atoms with van der Waals surface area (Å²) in [5.41, 5.74) is 10.3. The van der Waals surface area contributed by atoms with Gasteiger partial charge in [0.15, 0.2) is 0 Å². The summed E-state index contributed by atoms with van der Waals surface area (Å²) >= 11 is 0. The summed E-state index contributed by atoms with van der Waals surface area (Å²) in [6.45, 7) is 1.20. The van der Waals surface area contributed by atoms with Gasteiger partial charge in [-0.1, -0.05) is 30.7 Å². The summed E-state index contributed by atoms with van der Waals surface area (Å²) < 4.78 is 0. The summed E-state index contributed by atoms with van der Waals surface area (Å²) in [6.07, 6.45) is 7.40. The van der Waals surface area contributed by atoms with Gasteiger partial charge in [-0.15, -0.1) is 0 Å². The summed E-state index contributed by atoms with van der Waals surface area (Å²) in [5, 5.41) is 0. The lowest BCUT2D eigenvalue weighted by Crippen LogP contribution is -2.29. The molecule has 3 rings (SSSR count). The second-order valence-electron chi connectivity index (χ2n) is 5.58. The molecule has 1 aromatic heterocycles. The number of likely N-dealkylation sites (tertiary alicyclic amines) is 1. The number of rotatable bonds is 2. The van der Waals surface area contributed by atoms with Crippen LogP contribution in [0.1, 0.15) is 30.9 Å². The van der Waals surface area contributed by atoms with Gasteiger partial charge < -0.3 is 5.73 Å². The zero-order valence-corrected chi connectivity index (χ0v) is 11.9. The maximum atomic E-state index is 5.98. The Morgan fingerprint density at radius 1 is 1.15 bits per heavy atom. The van der Waals surface area contributed by atoms with Crippen molar-refractivity contribution in [3.8, 4) is 11.1 Å². The summed E-state index contributed by atoms with van der Waals surface area (Å²) in [4.78, 5) is 6.50. The van der Waals surface area contributed by atoms with E-state index in [9.17, 15) is 0 Å². The van der Waals surface area contributed by atoms with Gasteiger partial charge in [-0.3, -0.25) is 9.88 Å². The van der Waals surface area contributed by atoms with E-state index in [-0.39, 0.29) is 0 Å². The molecule has 3 heteroatoms. The lowest BCUT2D eigenvalue weighted by Gasteiger charge is -2.32. The Morgan fingerprint density at radius 2 is 1.95 bits per heavy atom. The molecule has 104 valence electrons. The van der Waals surface area contributed by atoms with Gasteiger partial charge in [-0.05, 0) is 43.6 Å². The fourth-order valence-corrected chi connectivity index (χ4v) is 3.05. The molecular weight excluding hydrogens is 246 g/mol. The van der Waals surface area contributed by atoms with Crippen LogP contribution < -0.4 is 5.73 Å². The van der Waals surface area contributed by atoms with Crippen molar-refractivity contribution in [2.75, 3.05) is 19.3 Å². The highest BCUT2D eigenvalue weighted by Crippen LogP contribution is 2.31. The Balaban J connectivity index is 1.86. The SMILES string of the molecule is CN1CCCC[C@@H]1c1ccc(-c2ccncc2N)cc1.